The topological polar surface area (TPSA) is 112 Å². The Morgan fingerprint density at radius 3 is 2.27 bits per heavy atom. The number of nitrogens with one attached hydrogen (secondary N) is 1. The van der Waals surface area contributed by atoms with Gasteiger partial charge in [-0.15, -0.1) is 0 Å². The van der Waals surface area contributed by atoms with E-state index in [-0.39, 0.29) is 29.1 Å². The van der Waals surface area contributed by atoms with Gasteiger partial charge >= 0.3 is 0 Å². The van der Waals surface area contributed by atoms with E-state index >= 15 is 0 Å². The molecular formula is C38H53ClN6O4. The first-order valence-electron chi connectivity index (χ1n) is 17.2. The van der Waals surface area contributed by atoms with Gasteiger partial charge in [0.15, 0.2) is 5.71 Å². The van der Waals surface area contributed by atoms with Crippen molar-refractivity contribution < 1.29 is 36.0 Å². The lowest BCUT2D eigenvalue weighted by molar-refractivity contribution is -0.401. The second-order valence-corrected chi connectivity index (χ2v) is 13.2. The number of halogens is 1. The molecule has 0 atom stereocenters. The normalized spacial score (nSPS) is 16.4. The van der Waals surface area contributed by atoms with Gasteiger partial charge in [-0.2, -0.15) is 4.58 Å². The molecule has 0 saturated carbocycles. The number of ether oxygens (including phenoxy) is 3. The molecule has 0 radical (unpaired) electrons. The van der Waals surface area contributed by atoms with E-state index < -0.39 is 0 Å². The second kappa shape index (κ2) is 19.5. The van der Waals surface area contributed by atoms with Crippen LogP contribution in [0.3, 0.4) is 0 Å². The van der Waals surface area contributed by atoms with Gasteiger partial charge in [-0.05, 0) is 49.9 Å². The molecule has 10 nitrogen and oxygen atoms in total. The first kappa shape index (κ1) is 39.8. The second-order valence-electron chi connectivity index (χ2n) is 13.2. The van der Waals surface area contributed by atoms with E-state index in [1.165, 1.54) is 33.9 Å². The van der Waals surface area contributed by atoms with Crippen LogP contribution >= 0.6 is 0 Å². The van der Waals surface area contributed by atoms with Gasteiger partial charge in [-0.25, -0.2) is 0 Å². The lowest BCUT2D eigenvalue weighted by Crippen LogP contribution is -3.00. The summed E-state index contributed by atoms with van der Waals surface area (Å²) >= 11 is 0. The number of anilines is 1. The van der Waals surface area contributed by atoms with E-state index in [9.17, 15) is 4.79 Å². The van der Waals surface area contributed by atoms with Crippen molar-refractivity contribution in [3.63, 3.8) is 0 Å². The van der Waals surface area contributed by atoms with Gasteiger partial charge in [0.1, 0.15) is 7.05 Å². The molecule has 2 heterocycles. The van der Waals surface area contributed by atoms with Crippen molar-refractivity contribution in [3.05, 3.63) is 94.0 Å². The number of unbranched alkanes of at least 4 members (excludes halogenated alkanes) is 2. The van der Waals surface area contributed by atoms with Crippen LogP contribution in [0.4, 0.5) is 11.4 Å². The minimum absolute atomic E-state index is 0. The minimum Gasteiger partial charge on any atom is -1.00 e. The van der Waals surface area contributed by atoms with Crippen molar-refractivity contribution in [2.45, 2.75) is 64.2 Å². The third-order valence-electron chi connectivity index (χ3n) is 9.24. The van der Waals surface area contributed by atoms with Gasteiger partial charge in [0.05, 0.1) is 45.1 Å². The number of carbonyl (C=O) groups is 1. The molecule has 1 amide bonds. The molecule has 2 aliphatic heterocycles. The number of hydrogen-bond donors (Lipinski definition) is 1. The highest BCUT2D eigenvalue weighted by Gasteiger charge is 2.43. The summed E-state index contributed by atoms with van der Waals surface area (Å²) in [6, 6.07) is 17.4. The van der Waals surface area contributed by atoms with Crippen LogP contribution in [0.25, 0.3) is 10.4 Å². The van der Waals surface area contributed by atoms with Gasteiger partial charge in [-0.1, -0.05) is 67.9 Å². The zero-order valence-corrected chi connectivity index (χ0v) is 30.5. The molecule has 1 N–H and O–H groups in total. The fraction of sp³-hybridized carbons (Fsp3) is 0.526. The summed E-state index contributed by atoms with van der Waals surface area (Å²) in [5.41, 5.74) is 15.9. The van der Waals surface area contributed by atoms with E-state index in [1.807, 2.05) is 0 Å². The summed E-state index contributed by atoms with van der Waals surface area (Å²) < 4.78 is 18.5. The summed E-state index contributed by atoms with van der Waals surface area (Å²) in [5, 5.41) is 6.35. The highest BCUT2D eigenvalue weighted by molar-refractivity contribution is 6.03. The molecule has 2 aromatic carbocycles. The van der Waals surface area contributed by atoms with Crippen molar-refractivity contribution in [3.8, 4) is 0 Å². The molecule has 0 saturated heterocycles. The monoisotopic (exact) mass is 692 g/mol. The Labute approximate surface area is 298 Å². The van der Waals surface area contributed by atoms with E-state index in [2.05, 4.69) is 126 Å². The van der Waals surface area contributed by atoms with Crippen molar-refractivity contribution in [2.24, 2.45) is 5.11 Å². The number of nitrogens with zero attached hydrogens (tertiary/aromatic N) is 5. The Morgan fingerprint density at radius 2 is 1.55 bits per heavy atom. The number of fused-ring (bicyclic) bond motifs is 2. The Hall–Kier alpha value is -3.66. The smallest absolute Gasteiger partial charge is 0.220 e. The summed E-state index contributed by atoms with van der Waals surface area (Å²) in [6.45, 7) is 13.6. The van der Waals surface area contributed by atoms with Crippen LogP contribution in [0, 0.1) is 0 Å². The van der Waals surface area contributed by atoms with Crippen LogP contribution in [0.15, 0.2) is 77.6 Å². The van der Waals surface area contributed by atoms with Crippen LogP contribution in [-0.2, 0) is 29.8 Å². The molecule has 266 valence electrons. The Balaban J connectivity index is 0.00000650. The van der Waals surface area contributed by atoms with E-state index in [0.717, 1.165) is 25.8 Å². The molecule has 11 heteroatoms. The van der Waals surface area contributed by atoms with Gasteiger partial charge in [0.25, 0.3) is 0 Å². The highest BCUT2D eigenvalue weighted by atomic mass is 35.5. The molecule has 0 spiro atoms. The fourth-order valence-electron chi connectivity index (χ4n) is 6.69. The van der Waals surface area contributed by atoms with Gasteiger partial charge in [-0.3, -0.25) is 4.79 Å². The SMILES string of the molecule is C[N+]1=C(/C=C/C=C2\N(CCCCCC(=O)NCCOCCOCCOCCN=[N+]=[N-])c3ccccc3C2(C)C)C(C)(C)c2ccccc21.[Cl-]. The Morgan fingerprint density at radius 1 is 0.898 bits per heavy atom. The summed E-state index contributed by atoms with van der Waals surface area (Å²) in [6.07, 6.45) is 10.1. The summed E-state index contributed by atoms with van der Waals surface area (Å²) in [5.74, 6) is 0.0607. The van der Waals surface area contributed by atoms with Crippen LogP contribution in [0.2, 0.25) is 0 Å². The number of azide groups is 1. The lowest BCUT2D eigenvalue weighted by Gasteiger charge is -2.27. The molecule has 0 fully saturated rings. The molecule has 49 heavy (non-hydrogen) atoms. The average Bonchev–Trinajstić information content (AvgIpc) is 3.41. The fourth-order valence-corrected chi connectivity index (χ4v) is 6.69. The van der Waals surface area contributed by atoms with Gasteiger partial charge in [0, 0.05) is 65.5 Å². The molecule has 0 bridgehead atoms. The first-order valence-corrected chi connectivity index (χ1v) is 17.2. The standard InChI is InChI=1S/C38H52N6O4.ClH/c1-37(2)30-14-8-10-16-32(30)43(5)34(37)18-13-19-35-38(3,4)31-15-9-11-17-33(31)44(35)23-12-6-7-20-36(45)40-21-24-46-26-28-48-29-27-47-25-22-41-42-39;/h8-11,13-19H,6-7,12,20-29H2,1-5H3;1H. The van der Waals surface area contributed by atoms with Crippen LogP contribution < -0.4 is 22.6 Å². The molecule has 0 aromatic heterocycles. The predicted octanol–water partition coefficient (Wildman–Crippen LogP) is 3.97. The number of carbonyl (C=O) groups excluding carboxylic acids is 1. The molecular weight excluding hydrogens is 640 g/mol. The van der Waals surface area contributed by atoms with Crippen LogP contribution in [-0.4, -0.2) is 82.5 Å². The quantitative estimate of drug-likeness (QED) is 0.0743. The third kappa shape index (κ3) is 10.4. The van der Waals surface area contributed by atoms with Gasteiger partial charge < -0.3 is 36.8 Å². The molecule has 0 aliphatic carbocycles. The molecule has 2 aromatic rings. The number of hydrogen-bond acceptors (Lipinski definition) is 6. The Bertz CT molecular complexity index is 1530. The summed E-state index contributed by atoms with van der Waals surface area (Å²) in [4.78, 5) is 17.5. The van der Waals surface area contributed by atoms with E-state index in [4.69, 9.17) is 19.7 Å². The van der Waals surface area contributed by atoms with Crippen LogP contribution in [0.5, 0.6) is 0 Å². The largest absolute Gasteiger partial charge is 1.00 e. The maximum atomic E-state index is 12.4. The van der Waals surface area contributed by atoms with Crippen molar-refractivity contribution >= 4 is 23.0 Å². The molecule has 4 rings (SSSR count). The van der Waals surface area contributed by atoms with Gasteiger partial charge in [0.2, 0.25) is 11.6 Å². The van der Waals surface area contributed by atoms with Crippen molar-refractivity contribution in [1.29, 1.82) is 0 Å². The first-order chi connectivity index (χ1) is 23.2. The minimum atomic E-state index is -0.108. The average molecular weight is 693 g/mol. The number of amides is 1. The van der Waals surface area contributed by atoms with Crippen LogP contribution in [0.1, 0.15) is 64.5 Å². The third-order valence-corrected chi connectivity index (χ3v) is 9.24. The maximum Gasteiger partial charge on any atom is 0.220 e. The van der Waals surface area contributed by atoms with Crippen molar-refractivity contribution in [1.82, 2.24) is 5.32 Å². The highest BCUT2D eigenvalue weighted by Crippen LogP contribution is 2.47. The Kier molecular flexibility index (Phi) is 15.8. The maximum absolute atomic E-state index is 12.4. The zero-order valence-electron chi connectivity index (χ0n) is 29.8. The van der Waals surface area contributed by atoms with E-state index in [1.54, 1.807) is 0 Å². The number of benzene rings is 2. The summed E-state index contributed by atoms with van der Waals surface area (Å²) in [7, 11) is 2.16. The molecule has 2 aliphatic rings. The number of rotatable bonds is 20. The number of allylic oxidation sites excluding steroid dienone is 4. The van der Waals surface area contributed by atoms with E-state index in [0.29, 0.717) is 59.2 Å². The number of para-hydroxylation sites is 2. The van der Waals surface area contributed by atoms with Crippen molar-refractivity contribution in [2.75, 3.05) is 71.2 Å². The lowest BCUT2D eigenvalue weighted by atomic mass is 9.81. The zero-order chi connectivity index (χ0) is 34.4. The predicted molar refractivity (Wildman–Crippen MR) is 192 cm³/mol. The molecule has 0 unspecified atom stereocenters.